The van der Waals surface area contributed by atoms with E-state index in [9.17, 15) is 0 Å². The van der Waals surface area contributed by atoms with E-state index in [2.05, 4.69) is 54.0 Å². The summed E-state index contributed by atoms with van der Waals surface area (Å²) in [6.07, 6.45) is 0. The van der Waals surface area contributed by atoms with Crippen molar-refractivity contribution in [2.24, 2.45) is 0 Å². The maximum absolute atomic E-state index is 5.92. The molecule has 0 radical (unpaired) electrons. The van der Waals surface area contributed by atoms with Crippen molar-refractivity contribution in [1.82, 2.24) is 5.32 Å². The Hall–Kier alpha value is -1.35. The largest absolute Gasteiger partial charge is 0.306 e. The molecule has 0 fully saturated rings. The van der Waals surface area contributed by atoms with Gasteiger partial charge in [-0.25, -0.2) is 0 Å². The summed E-state index contributed by atoms with van der Waals surface area (Å²) in [5.74, 6) is 0. The quantitative estimate of drug-likeness (QED) is 0.680. The molecule has 3 heteroatoms. The number of hydrogen-bond acceptors (Lipinski definition) is 2. The first-order valence-corrected chi connectivity index (χ1v) is 7.94. The van der Waals surface area contributed by atoms with Crippen LogP contribution in [0.5, 0.6) is 0 Å². The molecule has 1 heterocycles. The van der Waals surface area contributed by atoms with Crippen LogP contribution < -0.4 is 5.32 Å². The molecule has 1 atom stereocenters. The molecular weight excluding hydrogens is 286 g/mol. The van der Waals surface area contributed by atoms with Crippen molar-refractivity contribution in [1.29, 1.82) is 0 Å². The maximum Gasteiger partial charge on any atom is 0.0406 e. The number of rotatable bonds is 4. The molecule has 2 aromatic carbocycles. The molecule has 3 aromatic rings. The topological polar surface area (TPSA) is 12.0 Å². The molecule has 0 spiro atoms. The van der Waals surface area contributed by atoms with Gasteiger partial charge in [-0.2, -0.15) is 0 Å². The van der Waals surface area contributed by atoms with Crippen molar-refractivity contribution < 1.29 is 0 Å². The van der Waals surface area contributed by atoms with Crippen LogP contribution in [0.2, 0.25) is 5.02 Å². The van der Waals surface area contributed by atoms with E-state index in [1.54, 1.807) is 11.3 Å². The lowest BCUT2D eigenvalue weighted by Gasteiger charge is -2.14. The highest BCUT2D eigenvalue weighted by atomic mass is 35.5. The molecule has 0 amide bonds. The average molecular weight is 302 g/mol. The van der Waals surface area contributed by atoms with Crippen molar-refractivity contribution in [3.63, 3.8) is 0 Å². The molecule has 1 unspecified atom stereocenters. The Labute approximate surface area is 128 Å². The summed E-state index contributed by atoms with van der Waals surface area (Å²) in [6.45, 7) is 3.06. The third kappa shape index (κ3) is 2.88. The number of benzene rings is 2. The summed E-state index contributed by atoms with van der Waals surface area (Å²) in [5.41, 5.74) is 2.63. The second kappa shape index (κ2) is 5.96. The van der Waals surface area contributed by atoms with Crippen LogP contribution in [0.25, 0.3) is 10.1 Å². The molecule has 1 aromatic heterocycles. The second-order valence-electron chi connectivity index (χ2n) is 4.91. The van der Waals surface area contributed by atoms with Gasteiger partial charge in [0.1, 0.15) is 0 Å². The third-order valence-electron chi connectivity index (χ3n) is 3.53. The molecule has 0 saturated heterocycles. The predicted molar refractivity (Wildman–Crippen MR) is 88.5 cm³/mol. The van der Waals surface area contributed by atoms with Crippen LogP contribution in [-0.4, -0.2) is 0 Å². The number of fused-ring (bicyclic) bond motifs is 1. The van der Waals surface area contributed by atoms with Gasteiger partial charge < -0.3 is 5.32 Å². The van der Waals surface area contributed by atoms with Crippen molar-refractivity contribution in [3.05, 3.63) is 70.1 Å². The fourth-order valence-electron chi connectivity index (χ4n) is 2.30. The van der Waals surface area contributed by atoms with Crippen LogP contribution in [0.15, 0.2) is 53.9 Å². The molecule has 1 N–H and O–H groups in total. The normalized spacial score (nSPS) is 12.7. The lowest BCUT2D eigenvalue weighted by Crippen LogP contribution is -2.17. The molecule has 3 rings (SSSR count). The minimum atomic E-state index is 0.311. The average Bonchev–Trinajstić information content (AvgIpc) is 2.89. The minimum Gasteiger partial charge on any atom is -0.306 e. The maximum atomic E-state index is 5.92. The molecule has 102 valence electrons. The van der Waals surface area contributed by atoms with E-state index in [1.165, 1.54) is 21.2 Å². The number of halogens is 1. The van der Waals surface area contributed by atoms with Gasteiger partial charge >= 0.3 is 0 Å². The van der Waals surface area contributed by atoms with Gasteiger partial charge in [-0.05, 0) is 47.0 Å². The van der Waals surface area contributed by atoms with Gasteiger partial charge in [0.25, 0.3) is 0 Å². The number of hydrogen-bond donors (Lipinski definition) is 1. The zero-order valence-corrected chi connectivity index (χ0v) is 12.8. The fourth-order valence-corrected chi connectivity index (χ4v) is 3.39. The van der Waals surface area contributed by atoms with Gasteiger partial charge in [-0.3, -0.25) is 0 Å². The Kier molecular flexibility index (Phi) is 4.06. The van der Waals surface area contributed by atoms with Gasteiger partial charge in [-0.15, -0.1) is 11.3 Å². The summed E-state index contributed by atoms with van der Waals surface area (Å²) in [6, 6.07) is 16.9. The van der Waals surface area contributed by atoms with Crippen LogP contribution in [-0.2, 0) is 6.54 Å². The first-order valence-electron chi connectivity index (χ1n) is 6.68. The standard InChI is InChI=1S/C17H16ClNS/c1-12(13-6-8-15(18)9-7-13)19-10-14-11-20-17-5-3-2-4-16(14)17/h2-9,11-12,19H,10H2,1H3. The van der Waals surface area contributed by atoms with Crippen molar-refractivity contribution in [2.75, 3.05) is 0 Å². The van der Waals surface area contributed by atoms with Crippen molar-refractivity contribution in [2.45, 2.75) is 19.5 Å². The van der Waals surface area contributed by atoms with E-state index in [0.717, 1.165) is 11.6 Å². The minimum absolute atomic E-state index is 0.311. The van der Waals surface area contributed by atoms with Gasteiger partial charge in [0.2, 0.25) is 0 Å². The Balaban J connectivity index is 1.71. The van der Waals surface area contributed by atoms with E-state index in [-0.39, 0.29) is 0 Å². The Morgan fingerprint density at radius 1 is 1.10 bits per heavy atom. The molecule has 20 heavy (non-hydrogen) atoms. The lowest BCUT2D eigenvalue weighted by molar-refractivity contribution is 0.577. The van der Waals surface area contributed by atoms with E-state index in [4.69, 9.17) is 11.6 Å². The van der Waals surface area contributed by atoms with Gasteiger partial charge in [0.15, 0.2) is 0 Å². The zero-order chi connectivity index (χ0) is 13.9. The van der Waals surface area contributed by atoms with E-state index >= 15 is 0 Å². The fraction of sp³-hybridized carbons (Fsp3) is 0.176. The molecule has 0 aliphatic heterocycles. The lowest BCUT2D eigenvalue weighted by atomic mass is 10.1. The highest BCUT2D eigenvalue weighted by Gasteiger charge is 2.07. The van der Waals surface area contributed by atoms with Gasteiger partial charge in [0.05, 0.1) is 0 Å². The van der Waals surface area contributed by atoms with Gasteiger partial charge in [0, 0.05) is 22.3 Å². The summed E-state index contributed by atoms with van der Waals surface area (Å²) >= 11 is 7.73. The van der Waals surface area contributed by atoms with E-state index < -0.39 is 0 Å². The second-order valence-corrected chi connectivity index (χ2v) is 6.26. The third-order valence-corrected chi connectivity index (χ3v) is 4.79. The van der Waals surface area contributed by atoms with Crippen LogP contribution in [0, 0.1) is 0 Å². The van der Waals surface area contributed by atoms with Crippen LogP contribution in [0.3, 0.4) is 0 Å². The monoisotopic (exact) mass is 301 g/mol. The Morgan fingerprint density at radius 3 is 2.65 bits per heavy atom. The highest BCUT2D eigenvalue weighted by Crippen LogP contribution is 2.26. The Morgan fingerprint density at radius 2 is 1.85 bits per heavy atom. The SMILES string of the molecule is CC(NCc1csc2ccccc12)c1ccc(Cl)cc1. The number of thiophene rings is 1. The smallest absolute Gasteiger partial charge is 0.0406 e. The summed E-state index contributed by atoms with van der Waals surface area (Å²) in [7, 11) is 0. The van der Waals surface area contributed by atoms with Crippen LogP contribution >= 0.6 is 22.9 Å². The Bertz CT molecular complexity index is 702. The highest BCUT2D eigenvalue weighted by molar-refractivity contribution is 7.17. The summed E-state index contributed by atoms with van der Waals surface area (Å²) < 4.78 is 1.35. The molecule has 1 nitrogen and oxygen atoms in total. The first-order chi connectivity index (χ1) is 9.74. The van der Waals surface area contributed by atoms with Crippen molar-refractivity contribution >= 4 is 33.0 Å². The summed E-state index contributed by atoms with van der Waals surface area (Å²) in [5, 5.41) is 7.96. The number of nitrogens with one attached hydrogen (secondary N) is 1. The van der Waals surface area contributed by atoms with Gasteiger partial charge in [-0.1, -0.05) is 41.9 Å². The zero-order valence-electron chi connectivity index (χ0n) is 11.3. The van der Waals surface area contributed by atoms with Crippen LogP contribution in [0.4, 0.5) is 0 Å². The summed E-state index contributed by atoms with van der Waals surface area (Å²) in [4.78, 5) is 0. The molecule has 0 bridgehead atoms. The molecule has 0 aliphatic rings. The van der Waals surface area contributed by atoms with Crippen LogP contribution in [0.1, 0.15) is 24.1 Å². The van der Waals surface area contributed by atoms with E-state index in [1.807, 2.05) is 12.1 Å². The molecular formula is C17H16ClNS. The van der Waals surface area contributed by atoms with Crippen molar-refractivity contribution in [3.8, 4) is 0 Å². The first kappa shape index (κ1) is 13.6. The van der Waals surface area contributed by atoms with E-state index in [0.29, 0.717) is 6.04 Å². The molecule has 0 aliphatic carbocycles. The molecule has 0 saturated carbocycles. The predicted octanol–water partition coefficient (Wildman–Crippen LogP) is 5.41.